The fourth-order valence-corrected chi connectivity index (χ4v) is 5.75. The predicted octanol–water partition coefficient (Wildman–Crippen LogP) is 5.27. The summed E-state index contributed by atoms with van der Waals surface area (Å²) in [5.74, 6) is -0.737. The fraction of sp³-hybridized carbons (Fsp3) is 0.517. The Morgan fingerprint density at radius 3 is 2.18 bits per heavy atom. The Morgan fingerprint density at radius 2 is 1.63 bits per heavy atom. The van der Waals surface area contributed by atoms with Crippen LogP contribution in [0.25, 0.3) is 0 Å². The van der Waals surface area contributed by atoms with Crippen molar-refractivity contribution in [2.45, 2.75) is 83.8 Å². The topological polar surface area (TPSA) is 86.8 Å². The van der Waals surface area contributed by atoms with Gasteiger partial charge in [0.25, 0.3) is 0 Å². The van der Waals surface area contributed by atoms with Crippen molar-refractivity contribution in [3.63, 3.8) is 0 Å². The smallest absolute Gasteiger partial charge is 0.244 e. The molecule has 1 atom stereocenters. The van der Waals surface area contributed by atoms with Gasteiger partial charge in [-0.25, -0.2) is 8.42 Å². The van der Waals surface area contributed by atoms with Crippen LogP contribution in [0.15, 0.2) is 48.5 Å². The lowest BCUT2D eigenvalue weighted by Crippen LogP contribution is -2.53. The Hall–Kier alpha value is -2.58. The maximum atomic E-state index is 13.8. The Balaban J connectivity index is 1.89. The molecule has 9 heteroatoms. The highest BCUT2D eigenvalue weighted by Crippen LogP contribution is 2.27. The van der Waals surface area contributed by atoms with Crippen LogP contribution >= 0.6 is 11.6 Å². The average Bonchev–Trinajstić information content (AvgIpc) is 2.85. The minimum atomic E-state index is -3.79. The summed E-state index contributed by atoms with van der Waals surface area (Å²) in [7, 11) is -3.79. The second kappa shape index (κ2) is 12.5. The number of carbonyl (C=O) groups is 2. The molecule has 0 bridgehead atoms. The number of amides is 2. The maximum Gasteiger partial charge on any atom is 0.244 e. The standard InChI is InChI=1S/C29H40ClN3O4S/c1-21(28(35)31-24-12-7-6-8-13-24)32(19-22-11-9-10-14-26(22)30)27(34)20-33(38(5,36)37)25-17-15-23(16-18-25)29(2,3)4/h9-11,14-18,21,24H,6-8,12-13,19-20H2,1-5H3,(H,31,35)/t21-/m1/s1. The number of halogens is 1. The predicted molar refractivity (Wildman–Crippen MR) is 154 cm³/mol. The minimum Gasteiger partial charge on any atom is -0.352 e. The minimum absolute atomic E-state index is 0.0817. The van der Waals surface area contributed by atoms with E-state index in [-0.39, 0.29) is 23.9 Å². The Bertz CT molecular complexity index is 1220. The molecule has 1 N–H and O–H groups in total. The third-order valence-corrected chi connectivity index (χ3v) is 8.63. The molecule has 2 aromatic carbocycles. The quantitative estimate of drug-likeness (QED) is 0.452. The summed E-state index contributed by atoms with van der Waals surface area (Å²) in [6, 6.07) is 13.6. The van der Waals surface area contributed by atoms with Gasteiger partial charge in [-0.3, -0.25) is 13.9 Å². The van der Waals surface area contributed by atoms with Crippen LogP contribution in [0.2, 0.25) is 5.02 Å². The van der Waals surface area contributed by atoms with Gasteiger partial charge in [0.1, 0.15) is 12.6 Å². The van der Waals surface area contributed by atoms with Crippen molar-refractivity contribution in [3.05, 3.63) is 64.7 Å². The van der Waals surface area contributed by atoms with Gasteiger partial charge >= 0.3 is 0 Å². The summed E-state index contributed by atoms with van der Waals surface area (Å²) < 4.78 is 26.7. The summed E-state index contributed by atoms with van der Waals surface area (Å²) in [4.78, 5) is 28.4. The zero-order chi connectivity index (χ0) is 28.1. The van der Waals surface area contributed by atoms with E-state index in [4.69, 9.17) is 11.6 Å². The van der Waals surface area contributed by atoms with Crippen molar-refractivity contribution in [1.29, 1.82) is 0 Å². The number of sulfonamides is 1. The highest BCUT2D eigenvalue weighted by Gasteiger charge is 2.31. The van der Waals surface area contributed by atoms with Gasteiger partial charge in [-0.1, -0.05) is 82.0 Å². The number of nitrogens with zero attached hydrogens (tertiary/aromatic N) is 2. The SMILES string of the molecule is C[C@H](C(=O)NC1CCCCC1)N(Cc1ccccc1Cl)C(=O)CN(c1ccc(C(C)(C)C)cc1)S(C)(=O)=O. The number of rotatable bonds is 9. The molecule has 0 aliphatic heterocycles. The normalized spacial score (nSPS) is 15.5. The Kier molecular flexibility index (Phi) is 9.87. The maximum absolute atomic E-state index is 13.8. The van der Waals surface area contributed by atoms with E-state index in [1.54, 1.807) is 37.3 Å². The molecular weight excluding hydrogens is 522 g/mol. The van der Waals surface area contributed by atoms with E-state index >= 15 is 0 Å². The van der Waals surface area contributed by atoms with E-state index in [0.29, 0.717) is 16.3 Å². The van der Waals surface area contributed by atoms with Gasteiger partial charge in [0.2, 0.25) is 21.8 Å². The molecule has 1 aliphatic rings. The van der Waals surface area contributed by atoms with E-state index in [0.717, 1.165) is 48.2 Å². The van der Waals surface area contributed by atoms with Crippen LogP contribution < -0.4 is 9.62 Å². The second-order valence-corrected chi connectivity index (χ2v) is 13.5. The number of nitrogens with one attached hydrogen (secondary N) is 1. The van der Waals surface area contributed by atoms with Gasteiger partial charge < -0.3 is 10.2 Å². The van der Waals surface area contributed by atoms with Crippen LogP contribution in [0.4, 0.5) is 5.69 Å². The van der Waals surface area contributed by atoms with Crippen LogP contribution in [0, 0.1) is 0 Å². The van der Waals surface area contributed by atoms with Crippen molar-refractivity contribution in [2.24, 2.45) is 0 Å². The second-order valence-electron chi connectivity index (χ2n) is 11.2. The van der Waals surface area contributed by atoms with E-state index in [1.807, 2.05) is 18.2 Å². The van der Waals surface area contributed by atoms with Gasteiger partial charge in [0.05, 0.1) is 11.9 Å². The summed E-state index contributed by atoms with van der Waals surface area (Å²) in [6.07, 6.45) is 6.22. The summed E-state index contributed by atoms with van der Waals surface area (Å²) in [5, 5.41) is 3.57. The number of anilines is 1. The van der Waals surface area contributed by atoms with E-state index in [1.165, 1.54) is 4.90 Å². The molecule has 0 saturated heterocycles. The van der Waals surface area contributed by atoms with E-state index in [2.05, 4.69) is 26.1 Å². The first-order chi connectivity index (χ1) is 17.8. The van der Waals surface area contributed by atoms with Gasteiger partial charge in [-0.2, -0.15) is 0 Å². The molecular formula is C29H40ClN3O4S. The molecule has 2 amide bonds. The lowest BCUT2D eigenvalue weighted by atomic mass is 9.87. The van der Waals surface area contributed by atoms with E-state index in [9.17, 15) is 18.0 Å². The Morgan fingerprint density at radius 1 is 1.03 bits per heavy atom. The molecule has 38 heavy (non-hydrogen) atoms. The summed E-state index contributed by atoms with van der Waals surface area (Å²) in [6.45, 7) is 7.55. The zero-order valence-electron chi connectivity index (χ0n) is 23.0. The van der Waals surface area contributed by atoms with Crippen LogP contribution in [0.3, 0.4) is 0 Å². The Labute approximate surface area is 232 Å². The highest BCUT2D eigenvalue weighted by atomic mass is 35.5. The number of carbonyl (C=O) groups excluding carboxylic acids is 2. The first-order valence-electron chi connectivity index (χ1n) is 13.2. The summed E-state index contributed by atoms with van der Waals surface area (Å²) >= 11 is 6.39. The van der Waals surface area contributed by atoms with Crippen molar-refractivity contribution < 1.29 is 18.0 Å². The molecule has 0 aromatic heterocycles. The number of benzene rings is 2. The third kappa shape index (κ3) is 7.96. The van der Waals surface area contributed by atoms with Crippen molar-refractivity contribution in [2.75, 3.05) is 17.1 Å². The van der Waals surface area contributed by atoms with Crippen molar-refractivity contribution in [1.82, 2.24) is 10.2 Å². The molecule has 0 heterocycles. The largest absolute Gasteiger partial charge is 0.352 e. The monoisotopic (exact) mass is 561 g/mol. The van der Waals surface area contributed by atoms with Gasteiger partial charge in [0.15, 0.2) is 0 Å². The van der Waals surface area contributed by atoms with Gasteiger partial charge in [-0.05, 0) is 54.5 Å². The zero-order valence-corrected chi connectivity index (χ0v) is 24.6. The summed E-state index contributed by atoms with van der Waals surface area (Å²) in [5.41, 5.74) is 2.03. The van der Waals surface area contributed by atoms with Crippen molar-refractivity contribution in [3.8, 4) is 0 Å². The molecule has 0 radical (unpaired) electrons. The first-order valence-corrected chi connectivity index (χ1v) is 15.4. The molecule has 1 saturated carbocycles. The third-order valence-electron chi connectivity index (χ3n) is 7.12. The number of hydrogen-bond acceptors (Lipinski definition) is 4. The average molecular weight is 562 g/mol. The van der Waals surface area contributed by atoms with Gasteiger partial charge in [-0.15, -0.1) is 0 Å². The molecule has 0 unspecified atom stereocenters. The molecule has 1 aliphatic carbocycles. The molecule has 208 valence electrons. The fourth-order valence-electron chi connectivity index (χ4n) is 4.70. The van der Waals surface area contributed by atoms with Gasteiger partial charge in [0, 0.05) is 17.6 Å². The first kappa shape index (κ1) is 30.0. The van der Waals surface area contributed by atoms with E-state index < -0.39 is 28.5 Å². The van der Waals surface area contributed by atoms with Crippen LogP contribution in [-0.2, 0) is 31.6 Å². The molecule has 1 fully saturated rings. The lowest BCUT2D eigenvalue weighted by molar-refractivity contribution is -0.139. The molecule has 3 rings (SSSR count). The number of hydrogen-bond donors (Lipinski definition) is 1. The highest BCUT2D eigenvalue weighted by molar-refractivity contribution is 7.92. The van der Waals surface area contributed by atoms with Crippen LogP contribution in [0.1, 0.15) is 70.9 Å². The van der Waals surface area contributed by atoms with Crippen LogP contribution in [0.5, 0.6) is 0 Å². The molecule has 0 spiro atoms. The molecule has 7 nitrogen and oxygen atoms in total. The molecule has 2 aromatic rings. The van der Waals surface area contributed by atoms with Crippen LogP contribution in [-0.4, -0.2) is 50.0 Å². The van der Waals surface area contributed by atoms with Crippen molar-refractivity contribution >= 4 is 39.1 Å². The lowest BCUT2D eigenvalue weighted by Gasteiger charge is -2.33.